The first-order valence-corrected chi connectivity index (χ1v) is 6.48. The molecule has 0 aliphatic carbocycles. The van der Waals surface area contributed by atoms with Gasteiger partial charge in [0.25, 0.3) is 0 Å². The standard InChI is InChI=1S/C13H30N2/c1-6-7-8-13(9-14)15(12(4)5)10-11(2)3/h11-13H,6-10,14H2,1-5H3. The molecule has 0 spiro atoms. The summed E-state index contributed by atoms with van der Waals surface area (Å²) in [6.07, 6.45) is 3.81. The molecule has 1 unspecified atom stereocenters. The van der Waals surface area contributed by atoms with Crippen LogP contribution in [0.15, 0.2) is 0 Å². The number of hydrogen-bond donors (Lipinski definition) is 1. The van der Waals surface area contributed by atoms with Crippen molar-refractivity contribution >= 4 is 0 Å². The van der Waals surface area contributed by atoms with E-state index in [0.29, 0.717) is 12.1 Å². The second-order valence-corrected chi connectivity index (χ2v) is 5.22. The highest BCUT2D eigenvalue weighted by atomic mass is 15.2. The Labute approximate surface area is 96.2 Å². The van der Waals surface area contributed by atoms with Crippen LogP contribution in [0.3, 0.4) is 0 Å². The first-order chi connectivity index (χ1) is 7.02. The minimum Gasteiger partial charge on any atom is -0.329 e. The van der Waals surface area contributed by atoms with Crippen LogP contribution in [0.4, 0.5) is 0 Å². The van der Waals surface area contributed by atoms with Crippen LogP contribution in [0.25, 0.3) is 0 Å². The van der Waals surface area contributed by atoms with E-state index in [0.717, 1.165) is 12.5 Å². The Kier molecular flexibility index (Phi) is 8.07. The van der Waals surface area contributed by atoms with Crippen LogP contribution in [0.1, 0.15) is 53.9 Å². The van der Waals surface area contributed by atoms with Crippen molar-refractivity contribution in [2.75, 3.05) is 13.1 Å². The minimum atomic E-state index is 0.576. The Balaban J connectivity index is 4.27. The van der Waals surface area contributed by atoms with Gasteiger partial charge in [0.05, 0.1) is 0 Å². The smallest absolute Gasteiger partial charge is 0.0221 e. The summed E-state index contributed by atoms with van der Waals surface area (Å²) in [5, 5.41) is 0. The largest absolute Gasteiger partial charge is 0.329 e. The SMILES string of the molecule is CCCCC(CN)N(CC(C)C)C(C)C. The summed E-state index contributed by atoms with van der Waals surface area (Å²) in [5.74, 6) is 0.725. The van der Waals surface area contributed by atoms with Crippen LogP contribution >= 0.6 is 0 Å². The van der Waals surface area contributed by atoms with Gasteiger partial charge in [-0.1, -0.05) is 33.6 Å². The zero-order valence-corrected chi connectivity index (χ0v) is 11.3. The highest BCUT2D eigenvalue weighted by molar-refractivity contribution is 4.76. The molecule has 0 amide bonds. The minimum absolute atomic E-state index is 0.576. The van der Waals surface area contributed by atoms with Crippen LogP contribution in [0.2, 0.25) is 0 Å². The van der Waals surface area contributed by atoms with Crippen molar-refractivity contribution in [2.24, 2.45) is 11.7 Å². The van der Waals surface area contributed by atoms with Gasteiger partial charge in [-0.15, -0.1) is 0 Å². The molecule has 0 radical (unpaired) electrons. The lowest BCUT2D eigenvalue weighted by Gasteiger charge is -2.35. The van der Waals surface area contributed by atoms with Crippen molar-refractivity contribution in [3.8, 4) is 0 Å². The van der Waals surface area contributed by atoms with Crippen molar-refractivity contribution in [2.45, 2.75) is 66.0 Å². The lowest BCUT2D eigenvalue weighted by Crippen LogP contribution is -2.46. The van der Waals surface area contributed by atoms with Gasteiger partial charge in [-0.25, -0.2) is 0 Å². The van der Waals surface area contributed by atoms with Gasteiger partial charge in [0.2, 0.25) is 0 Å². The van der Waals surface area contributed by atoms with Crippen LogP contribution in [-0.2, 0) is 0 Å². The first-order valence-electron chi connectivity index (χ1n) is 6.48. The lowest BCUT2D eigenvalue weighted by atomic mass is 10.0. The predicted molar refractivity (Wildman–Crippen MR) is 69.0 cm³/mol. The molecule has 0 rings (SSSR count). The molecule has 2 nitrogen and oxygen atoms in total. The molecule has 0 aliphatic rings. The zero-order valence-electron chi connectivity index (χ0n) is 11.3. The van der Waals surface area contributed by atoms with Crippen LogP contribution in [-0.4, -0.2) is 30.1 Å². The number of rotatable bonds is 8. The van der Waals surface area contributed by atoms with Gasteiger partial charge in [-0.3, -0.25) is 4.90 Å². The summed E-state index contributed by atoms with van der Waals surface area (Å²) in [4.78, 5) is 2.57. The fraction of sp³-hybridized carbons (Fsp3) is 1.00. The van der Waals surface area contributed by atoms with Gasteiger partial charge < -0.3 is 5.73 Å². The normalized spacial score (nSPS) is 14.2. The van der Waals surface area contributed by atoms with E-state index in [-0.39, 0.29) is 0 Å². The van der Waals surface area contributed by atoms with Gasteiger partial charge in [0, 0.05) is 25.2 Å². The fourth-order valence-corrected chi connectivity index (χ4v) is 2.06. The average molecular weight is 214 g/mol. The highest BCUT2D eigenvalue weighted by Crippen LogP contribution is 2.13. The molecule has 0 bridgehead atoms. The monoisotopic (exact) mass is 214 g/mol. The molecule has 0 aromatic heterocycles. The predicted octanol–water partition coefficient (Wildman–Crippen LogP) is 2.87. The van der Waals surface area contributed by atoms with Crippen molar-refractivity contribution < 1.29 is 0 Å². The summed E-state index contributed by atoms with van der Waals surface area (Å²) in [6.45, 7) is 13.3. The van der Waals surface area contributed by atoms with E-state index in [1.54, 1.807) is 0 Å². The maximum absolute atomic E-state index is 5.89. The van der Waals surface area contributed by atoms with E-state index in [1.165, 1.54) is 25.8 Å². The summed E-state index contributed by atoms with van der Waals surface area (Å²) < 4.78 is 0. The van der Waals surface area contributed by atoms with Gasteiger partial charge in [0.1, 0.15) is 0 Å². The average Bonchev–Trinajstić information content (AvgIpc) is 2.16. The molecule has 0 aliphatic heterocycles. The second-order valence-electron chi connectivity index (χ2n) is 5.22. The third-order valence-electron chi connectivity index (χ3n) is 2.87. The van der Waals surface area contributed by atoms with E-state index in [1.807, 2.05) is 0 Å². The molecule has 0 fully saturated rings. The number of hydrogen-bond acceptors (Lipinski definition) is 2. The van der Waals surface area contributed by atoms with E-state index in [4.69, 9.17) is 5.73 Å². The number of nitrogens with two attached hydrogens (primary N) is 1. The maximum atomic E-state index is 5.89. The van der Waals surface area contributed by atoms with Crippen molar-refractivity contribution in [3.05, 3.63) is 0 Å². The Morgan fingerprint density at radius 3 is 2.07 bits per heavy atom. The van der Waals surface area contributed by atoms with Crippen LogP contribution in [0.5, 0.6) is 0 Å². The molecule has 0 aromatic carbocycles. The first kappa shape index (κ1) is 14.9. The Morgan fingerprint density at radius 2 is 1.73 bits per heavy atom. The van der Waals surface area contributed by atoms with Gasteiger partial charge in [-0.05, 0) is 26.2 Å². The quantitative estimate of drug-likeness (QED) is 0.673. The van der Waals surface area contributed by atoms with Gasteiger partial charge >= 0.3 is 0 Å². The summed E-state index contributed by atoms with van der Waals surface area (Å²) in [6, 6.07) is 1.19. The van der Waals surface area contributed by atoms with Gasteiger partial charge in [-0.2, -0.15) is 0 Å². The molecule has 15 heavy (non-hydrogen) atoms. The molecule has 0 heterocycles. The third kappa shape index (κ3) is 6.16. The Bertz CT molecular complexity index is 143. The van der Waals surface area contributed by atoms with Gasteiger partial charge in [0.15, 0.2) is 0 Å². The van der Waals surface area contributed by atoms with E-state index in [9.17, 15) is 0 Å². The molecule has 0 aromatic rings. The molecular formula is C13H30N2. The van der Waals surface area contributed by atoms with Crippen molar-refractivity contribution in [1.29, 1.82) is 0 Å². The summed E-state index contributed by atoms with van der Waals surface area (Å²) >= 11 is 0. The second kappa shape index (κ2) is 8.12. The van der Waals surface area contributed by atoms with E-state index in [2.05, 4.69) is 39.5 Å². The summed E-state index contributed by atoms with van der Waals surface area (Å²) in [7, 11) is 0. The Morgan fingerprint density at radius 1 is 1.13 bits per heavy atom. The number of nitrogens with zero attached hydrogens (tertiary/aromatic N) is 1. The van der Waals surface area contributed by atoms with Crippen molar-refractivity contribution in [3.63, 3.8) is 0 Å². The highest BCUT2D eigenvalue weighted by Gasteiger charge is 2.19. The molecule has 92 valence electrons. The molecule has 2 N–H and O–H groups in total. The third-order valence-corrected chi connectivity index (χ3v) is 2.87. The van der Waals surface area contributed by atoms with Crippen LogP contribution in [0, 0.1) is 5.92 Å². The summed E-state index contributed by atoms with van der Waals surface area (Å²) in [5.41, 5.74) is 5.89. The molecule has 0 saturated carbocycles. The molecule has 1 atom stereocenters. The maximum Gasteiger partial charge on any atom is 0.0221 e. The zero-order chi connectivity index (χ0) is 11.8. The molecule has 2 heteroatoms. The van der Waals surface area contributed by atoms with Crippen molar-refractivity contribution in [1.82, 2.24) is 4.90 Å². The fourth-order valence-electron chi connectivity index (χ4n) is 2.06. The van der Waals surface area contributed by atoms with E-state index >= 15 is 0 Å². The number of unbranched alkanes of at least 4 members (excludes halogenated alkanes) is 1. The molecular weight excluding hydrogens is 184 g/mol. The van der Waals surface area contributed by atoms with E-state index < -0.39 is 0 Å². The van der Waals surface area contributed by atoms with Crippen LogP contribution < -0.4 is 5.73 Å². The lowest BCUT2D eigenvalue weighted by molar-refractivity contribution is 0.130. The Hall–Kier alpha value is -0.0800. The topological polar surface area (TPSA) is 29.3 Å². The molecule has 0 saturated heterocycles.